The van der Waals surface area contributed by atoms with Gasteiger partial charge in [0.25, 0.3) is 0 Å². The average Bonchev–Trinajstić information content (AvgIpc) is 0.816. The molecule has 6 aromatic rings. The van der Waals surface area contributed by atoms with Gasteiger partial charge in [-0.2, -0.15) is 10.2 Å². The number of aryl methyl sites for hydroxylation is 2. The van der Waals surface area contributed by atoms with Crippen molar-refractivity contribution >= 4 is 23.8 Å². The zero-order chi connectivity index (χ0) is 69.4. The molecule has 2 saturated heterocycles. The molecule has 0 aliphatic carbocycles. The molecule has 2 fully saturated rings. The van der Waals surface area contributed by atoms with Crippen molar-refractivity contribution in [2.24, 2.45) is 14.1 Å². The number of nitrogens with zero attached hydrogens (tertiary/aromatic N) is 8. The van der Waals surface area contributed by atoms with Gasteiger partial charge in [-0.1, -0.05) is 48.6 Å². The Labute approximate surface area is 555 Å². The molecule has 4 aromatic carbocycles. The summed E-state index contributed by atoms with van der Waals surface area (Å²) in [5.74, 6) is -6.60. The lowest BCUT2D eigenvalue weighted by molar-refractivity contribution is -0.159. The molecule has 6 heterocycles. The van der Waals surface area contributed by atoms with Gasteiger partial charge >= 0.3 is 11.9 Å². The normalized spacial score (nSPS) is 18.5. The first-order valence-electron chi connectivity index (χ1n) is 31.9. The van der Waals surface area contributed by atoms with Crippen molar-refractivity contribution < 1.29 is 74.7 Å². The van der Waals surface area contributed by atoms with Crippen molar-refractivity contribution in [1.82, 2.24) is 49.8 Å². The monoisotopic (exact) mass is 1340 g/mol. The summed E-state index contributed by atoms with van der Waals surface area (Å²) < 4.78 is 119. The number of morpholine rings is 2. The Balaban J connectivity index is 0.000000226. The molecule has 0 unspecified atom stereocenters. The summed E-state index contributed by atoms with van der Waals surface area (Å²) in [6.45, 7) is 16.5. The van der Waals surface area contributed by atoms with E-state index >= 15 is 26.3 Å². The molecule has 96 heavy (non-hydrogen) atoms. The molecule has 20 nitrogen and oxygen atoms in total. The SMILES string of the molecule is C[C@@H]1Cc2cc(-c3cnn(C)c3)ccc2[C@@H](c2c(F)cc(OCCNC/C=C/C(=O)N3CCOCC3)cc2F)N1CC(C)(C)F.C[C@@H]1Cc2cc(-c3cnn(C)c3)ccc2[C@@H](c2c(F)cc(OCCNC/C=C/C(=O)N3CCOCC3)cc2F)N1CC(C)(C)F.O=C(O)C(=O)O. The summed E-state index contributed by atoms with van der Waals surface area (Å²) in [6, 6.07) is 14.5. The number of benzene rings is 4. The van der Waals surface area contributed by atoms with Gasteiger partial charge in [-0.25, -0.2) is 35.9 Å². The van der Waals surface area contributed by atoms with Crippen LogP contribution in [0.3, 0.4) is 0 Å². The number of nitrogens with one attached hydrogen (secondary N) is 2. The van der Waals surface area contributed by atoms with Crippen molar-refractivity contribution in [3.8, 4) is 33.8 Å². The van der Waals surface area contributed by atoms with Crippen LogP contribution in [-0.2, 0) is 55.6 Å². The first kappa shape index (κ1) is 73.4. The Morgan fingerprint density at radius 2 is 0.927 bits per heavy atom. The standard InChI is InChI=1S/2C34H42F3N5O3.C2H2O4/c2*1-23-16-25-17-24(26-20-39-40(4)21-26)7-8-28(25)33(42(23)22-34(2,3)37)32-29(35)18-27(19-30(32)36)45-13-10-38-9-5-6-31(43)41-11-14-44-15-12-41;3-1(4)2(5)6/h2*5-8,17-21,23,33,38H,9-16,22H2,1-4H3;(H,3,4)(H,5,6)/b2*6-5+;/t2*23-,33+;/m11./s1. The number of carboxylic acids is 2. The van der Waals surface area contributed by atoms with Crippen molar-refractivity contribution in [2.45, 2.75) is 89.9 Å². The Morgan fingerprint density at radius 1 is 0.573 bits per heavy atom. The Bertz CT molecular complexity index is 3420. The minimum Gasteiger partial charge on any atom is -0.492 e. The molecule has 26 heteroatoms. The molecule has 0 saturated carbocycles. The fourth-order valence-corrected chi connectivity index (χ4v) is 12.1. The van der Waals surface area contributed by atoms with Gasteiger partial charge < -0.3 is 49.6 Å². The van der Waals surface area contributed by atoms with Gasteiger partial charge in [0.05, 0.1) is 50.9 Å². The number of aliphatic carboxylic acids is 2. The van der Waals surface area contributed by atoms with Gasteiger partial charge in [0.15, 0.2) is 0 Å². The van der Waals surface area contributed by atoms with Crippen LogP contribution < -0.4 is 20.1 Å². The summed E-state index contributed by atoms with van der Waals surface area (Å²) in [7, 11) is 3.70. The quantitative estimate of drug-likeness (QED) is 0.0216. The Hall–Kier alpha value is -8.40. The van der Waals surface area contributed by atoms with Crippen LogP contribution in [-0.4, -0.2) is 202 Å². The van der Waals surface area contributed by atoms with Gasteiger partial charge in [-0.05, 0) is 87.8 Å². The molecule has 2 aromatic heterocycles. The van der Waals surface area contributed by atoms with Gasteiger partial charge in [-0.3, -0.25) is 28.8 Å². The predicted molar refractivity (Wildman–Crippen MR) is 349 cm³/mol. The van der Waals surface area contributed by atoms with E-state index in [2.05, 4.69) is 20.8 Å². The Kier molecular flexibility index (Phi) is 25.6. The highest BCUT2D eigenvalue weighted by Gasteiger charge is 2.41. The highest BCUT2D eigenvalue weighted by Crippen LogP contribution is 2.45. The van der Waals surface area contributed by atoms with Gasteiger partial charge in [0.2, 0.25) is 11.8 Å². The average molecular weight is 1340 g/mol. The number of fused-ring (bicyclic) bond motifs is 2. The Morgan fingerprint density at radius 3 is 1.24 bits per heavy atom. The van der Waals surface area contributed by atoms with Crippen molar-refractivity contribution in [3.63, 3.8) is 0 Å². The third kappa shape index (κ3) is 20.3. The molecule has 2 amide bonds. The van der Waals surface area contributed by atoms with Crippen molar-refractivity contribution in [1.29, 1.82) is 0 Å². The number of carbonyl (C=O) groups is 4. The first-order valence-corrected chi connectivity index (χ1v) is 31.9. The van der Waals surface area contributed by atoms with Crippen LogP contribution in [0.5, 0.6) is 11.5 Å². The number of hydrogen-bond acceptors (Lipinski definition) is 14. The topological polar surface area (TPSA) is 218 Å². The van der Waals surface area contributed by atoms with Gasteiger partial charge in [0.1, 0.15) is 59.3 Å². The number of carbonyl (C=O) groups excluding carboxylic acids is 2. The van der Waals surface area contributed by atoms with E-state index in [0.717, 1.165) is 44.5 Å². The second-order valence-electron chi connectivity index (χ2n) is 25.3. The van der Waals surface area contributed by atoms with E-state index in [1.54, 1.807) is 43.7 Å². The van der Waals surface area contributed by atoms with Crippen LogP contribution in [0.4, 0.5) is 26.3 Å². The number of rotatable bonds is 22. The van der Waals surface area contributed by atoms with Crippen LogP contribution in [0.1, 0.15) is 87.0 Å². The van der Waals surface area contributed by atoms with Crippen LogP contribution in [0.15, 0.2) is 110 Å². The summed E-state index contributed by atoms with van der Waals surface area (Å²) in [5.41, 5.74) is 3.85. The van der Waals surface area contributed by atoms with Gasteiger partial charge in [-0.15, -0.1) is 0 Å². The minimum absolute atomic E-state index is 0.0118. The van der Waals surface area contributed by atoms with Crippen molar-refractivity contribution in [2.75, 3.05) is 105 Å². The van der Waals surface area contributed by atoms with Crippen LogP contribution in [0.2, 0.25) is 0 Å². The summed E-state index contributed by atoms with van der Waals surface area (Å²) in [5, 5.41) is 29.6. The van der Waals surface area contributed by atoms with E-state index in [9.17, 15) is 9.59 Å². The van der Waals surface area contributed by atoms with Gasteiger partial charge in [0, 0.05) is 163 Å². The minimum atomic E-state index is -1.82. The molecule has 518 valence electrons. The third-order valence-electron chi connectivity index (χ3n) is 16.5. The molecular formula is C70H86F6N10O10. The zero-order valence-electron chi connectivity index (χ0n) is 55.4. The third-order valence-corrected chi connectivity index (χ3v) is 16.5. The maximum absolute atomic E-state index is 15.9. The molecule has 4 aliphatic heterocycles. The molecule has 10 rings (SSSR count). The van der Waals surface area contributed by atoms with Crippen LogP contribution in [0, 0.1) is 23.3 Å². The zero-order valence-corrected chi connectivity index (χ0v) is 55.4. The number of hydrogen-bond donors (Lipinski definition) is 4. The lowest BCUT2D eigenvalue weighted by Gasteiger charge is -2.44. The predicted octanol–water partition coefficient (Wildman–Crippen LogP) is 8.82. The number of alkyl halides is 2. The number of carboxylic acid groups (broad SMARTS) is 2. The first-order chi connectivity index (χ1) is 45.6. The number of amides is 2. The molecule has 0 spiro atoms. The number of aromatic nitrogens is 4. The number of ether oxygens (including phenoxy) is 4. The maximum atomic E-state index is 15.9. The van der Waals surface area contributed by atoms with E-state index in [4.69, 9.17) is 38.7 Å². The van der Waals surface area contributed by atoms with Crippen LogP contribution in [0.25, 0.3) is 22.3 Å². The maximum Gasteiger partial charge on any atom is 0.414 e. The molecule has 4 aliphatic rings. The smallest absolute Gasteiger partial charge is 0.414 e. The summed E-state index contributed by atoms with van der Waals surface area (Å²) in [6.07, 6.45) is 15.2. The molecule has 0 bridgehead atoms. The van der Waals surface area contributed by atoms with E-state index in [1.807, 2.05) is 86.5 Å². The highest BCUT2D eigenvalue weighted by atomic mass is 19.2. The second-order valence-corrected chi connectivity index (χ2v) is 25.3. The van der Waals surface area contributed by atoms with Crippen LogP contribution >= 0.6 is 0 Å². The fraction of sp³-hybridized carbons (Fsp3) is 0.457. The molecule has 4 atom stereocenters. The van der Waals surface area contributed by atoms with Crippen molar-refractivity contribution in [3.05, 3.63) is 166 Å². The van der Waals surface area contributed by atoms with E-state index in [1.165, 1.54) is 64.1 Å². The lowest BCUT2D eigenvalue weighted by atomic mass is 9.82. The molecule has 4 N–H and O–H groups in total. The fourth-order valence-electron chi connectivity index (χ4n) is 12.1. The van der Waals surface area contributed by atoms with E-state index < -0.39 is 58.6 Å². The molecule has 0 radical (unpaired) electrons. The summed E-state index contributed by atoms with van der Waals surface area (Å²) in [4.78, 5) is 49.7. The highest BCUT2D eigenvalue weighted by molar-refractivity contribution is 6.27. The molecular weight excluding hydrogens is 1250 g/mol. The lowest BCUT2D eigenvalue weighted by Crippen LogP contribution is -2.48. The van der Waals surface area contributed by atoms with E-state index in [-0.39, 0.29) is 72.8 Å². The summed E-state index contributed by atoms with van der Waals surface area (Å²) >= 11 is 0. The van der Waals surface area contributed by atoms with E-state index in [0.29, 0.717) is 91.6 Å². The number of halogens is 6. The second kappa shape index (κ2) is 33.5. The largest absolute Gasteiger partial charge is 0.492 e.